The van der Waals surface area contributed by atoms with Crippen LogP contribution in [0.1, 0.15) is 43.6 Å². The third-order valence-electron chi connectivity index (χ3n) is 2.85. The minimum Gasteiger partial charge on any atom is -0.295 e. The molecule has 0 fully saturated rings. The molecule has 0 bridgehead atoms. The summed E-state index contributed by atoms with van der Waals surface area (Å²) in [6.45, 7) is 6.82. The average molecular weight is 250 g/mol. The molecule has 0 aliphatic rings. The Labute approximate surface area is 107 Å². The number of rotatable bonds is 4. The summed E-state index contributed by atoms with van der Waals surface area (Å²) < 4.78 is 13.9. The molecule has 0 heterocycles. The van der Waals surface area contributed by atoms with Gasteiger partial charge in [-0.2, -0.15) is 0 Å². The Morgan fingerprint density at radius 2 is 1.67 bits per heavy atom. The second-order valence-corrected chi connectivity index (χ2v) is 5.39. The zero-order chi connectivity index (χ0) is 13.9. The van der Waals surface area contributed by atoms with Crippen LogP contribution >= 0.6 is 0 Å². The first-order valence-corrected chi connectivity index (χ1v) is 6.09. The number of carbonyl (C=O) groups excluding carboxylic acids is 2. The minimum atomic E-state index is -2.07. The van der Waals surface area contributed by atoms with Gasteiger partial charge in [0, 0.05) is 11.0 Å². The van der Waals surface area contributed by atoms with E-state index in [1.165, 1.54) is 0 Å². The van der Waals surface area contributed by atoms with Crippen molar-refractivity contribution in [3.05, 3.63) is 35.4 Å². The first-order valence-electron chi connectivity index (χ1n) is 6.09. The Morgan fingerprint density at radius 3 is 2.06 bits per heavy atom. The van der Waals surface area contributed by atoms with Crippen molar-refractivity contribution in [3.63, 3.8) is 0 Å². The lowest BCUT2D eigenvalue weighted by atomic mass is 9.86. The quantitative estimate of drug-likeness (QED) is 0.606. The van der Waals surface area contributed by atoms with E-state index in [4.69, 9.17) is 0 Å². The summed E-state index contributed by atoms with van der Waals surface area (Å²) in [5.41, 5.74) is 0.472. The number of carbonyl (C=O) groups is 2. The molecule has 0 N–H and O–H groups in total. The molecular formula is C15H19FO2. The Bertz CT molecular complexity index is 441. The highest BCUT2D eigenvalue weighted by Gasteiger charge is 2.34. The van der Waals surface area contributed by atoms with Gasteiger partial charge in [-0.3, -0.25) is 9.59 Å². The lowest BCUT2D eigenvalue weighted by Crippen LogP contribution is -2.35. The molecule has 1 rings (SSSR count). The lowest BCUT2D eigenvalue weighted by Gasteiger charge is -2.18. The second kappa shape index (κ2) is 5.42. The SMILES string of the molecule is CCc1ccc(C(=O)C(F)C(=O)C(C)(C)C)cc1. The monoisotopic (exact) mass is 250 g/mol. The highest BCUT2D eigenvalue weighted by molar-refractivity contribution is 6.14. The van der Waals surface area contributed by atoms with Crippen molar-refractivity contribution in [2.45, 2.75) is 40.3 Å². The van der Waals surface area contributed by atoms with Crippen LogP contribution in [-0.4, -0.2) is 17.7 Å². The van der Waals surface area contributed by atoms with Crippen LogP contribution in [-0.2, 0) is 11.2 Å². The van der Waals surface area contributed by atoms with Crippen LogP contribution in [0.4, 0.5) is 4.39 Å². The van der Waals surface area contributed by atoms with Crippen molar-refractivity contribution in [2.24, 2.45) is 5.41 Å². The maximum Gasteiger partial charge on any atom is 0.221 e. The molecule has 18 heavy (non-hydrogen) atoms. The minimum absolute atomic E-state index is 0.248. The van der Waals surface area contributed by atoms with Crippen LogP contribution in [0.3, 0.4) is 0 Å². The Balaban J connectivity index is 2.90. The Morgan fingerprint density at radius 1 is 1.17 bits per heavy atom. The number of alkyl halides is 1. The van der Waals surface area contributed by atoms with Crippen LogP contribution in [0.5, 0.6) is 0 Å². The summed E-state index contributed by atoms with van der Waals surface area (Å²) in [6, 6.07) is 6.70. The molecule has 0 spiro atoms. The standard InChI is InChI=1S/C15H19FO2/c1-5-10-6-8-11(9-7-10)13(17)12(16)14(18)15(2,3)4/h6-9,12H,5H2,1-4H3. The number of Topliss-reactive ketones (excluding diaryl/α,β-unsaturated/α-hetero) is 2. The van der Waals surface area contributed by atoms with Crippen molar-refractivity contribution in [3.8, 4) is 0 Å². The van der Waals surface area contributed by atoms with E-state index in [1.54, 1.807) is 45.0 Å². The van der Waals surface area contributed by atoms with E-state index in [2.05, 4.69) is 0 Å². The molecule has 98 valence electrons. The summed E-state index contributed by atoms with van der Waals surface area (Å²) in [5.74, 6) is -1.43. The maximum absolute atomic E-state index is 13.9. The van der Waals surface area contributed by atoms with E-state index in [-0.39, 0.29) is 5.56 Å². The number of hydrogen-bond acceptors (Lipinski definition) is 2. The number of hydrogen-bond donors (Lipinski definition) is 0. The summed E-state index contributed by atoms with van der Waals surface area (Å²) in [6.07, 6.45) is -1.22. The first-order chi connectivity index (χ1) is 8.27. The molecule has 0 saturated carbocycles. The van der Waals surface area contributed by atoms with E-state index in [0.717, 1.165) is 12.0 Å². The fraction of sp³-hybridized carbons (Fsp3) is 0.467. The summed E-state index contributed by atoms with van der Waals surface area (Å²) in [7, 11) is 0. The molecule has 0 aliphatic carbocycles. The molecule has 0 amide bonds. The molecule has 0 radical (unpaired) electrons. The molecular weight excluding hydrogens is 231 g/mol. The molecule has 0 aromatic heterocycles. The molecule has 3 heteroatoms. The van der Waals surface area contributed by atoms with E-state index < -0.39 is 23.2 Å². The second-order valence-electron chi connectivity index (χ2n) is 5.39. The van der Waals surface area contributed by atoms with Gasteiger partial charge in [-0.25, -0.2) is 4.39 Å². The smallest absolute Gasteiger partial charge is 0.221 e. The summed E-state index contributed by atoms with van der Waals surface area (Å²) in [4.78, 5) is 23.5. The number of benzene rings is 1. The molecule has 1 aromatic rings. The fourth-order valence-electron chi connectivity index (χ4n) is 1.55. The van der Waals surface area contributed by atoms with Crippen molar-refractivity contribution in [1.82, 2.24) is 0 Å². The van der Waals surface area contributed by atoms with Crippen molar-refractivity contribution < 1.29 is 14.0 Å². The van der Waals surface area contributed by atoms with Gasteiger partial charge in [0.15, 0.2) is 5.78 Å². The van der Waals surface area contributed by atoms with Gasteiger partial charge >= 0.3 is 0 Å². The van der Waals surface area contributed by atoms with E-state index in [0.29, 0.717) is 0 Å². The molecule has 2 nitrogen and oxygen atoms in total. The van der Waals surface area contributed by atoms with Crippen molar-refractivity contribution >= 4 is 11.6 Å². The maximum atomic E-state index is 13.9. The Hall–Kier alpha value is -1.51. The average Bonchev–Trinajstić information content (AvgIpc) is 2.35. The third kappa shape index (κ3) is 3.25. The number of halogens is 1. The summed E-state index contributed by atoms with van der Waals surface area (Å²) >= 11 is 0. The zero-order valence-corrected chi connectivity index (χ0v) is 11.3. The van der Waals surface area contributed by atoms with Gasteiger partial charge in [-0.1, -0.05) is 52.0 Å². The third-order valence-corrected chi connectivity index (χ3v) is 2.85. The fourth-order valence-corrected chi connectivity index (χ4v) is 1.55. The van der Waals surface area contributed by atoms with Crippen LogP contribution in [0.2, 0.25) is 0 Å². The van der Waals surface area contributed by atoms with Gasteiger partial charge in [0.25, 0.3) is 0 Å². The highest BCUT2D eigenvalue weighted by atomic mass is 19.1. The van der Waals surface area contributed by atoms with E-state index in [1.807, 2.05) is 6.92 Å². The van der Waals surface area contributed by atoms with Gasteiger partial charge < -0.3 is 0 Å². The summed E-state index contributed by atoms with van der Waals surface area (Å²) in [5, 5.41) is 0. The first kappa shape index (κ1) is 14.6. The molecule has 1 atom stereocenters. The normalized spacial score (nSPS) is 13.2. The van der Waals surface area contributed by atoms with Gasteiger partial charge in [-0.05, 0) is 12.0 Å². The highest BCUT2D eigenvalue weighted by Crippen LogP contribution is 2.21. The van der Waals surface area contributed by atoms with E-state index >= 15 is 0 Å². The predicted molar refractivity (Wildman–Crippen MR) is 69.5 cm³/mol. The molecule has 1 unspecified atom stereocenters. The van der Waals surface area contributed by atoms with Gasteiger partial charge in [0.05, 0.1) is 0 Å². The van der Waals surface area contributed by atoms with Crippen LogP contribution in [0.15, 0.2) is 24.3 Å². The molecule has 0 aliphatic heterocycles. The van der Waals surface area contributed by atoms with Gasteiger partial charge in [0.1, 0.15) is 0 Å². The molecule has 0 saturated heterocycles. The van der Waals surface area contributed by atoms with Crippen LogP contribution in [0, 0.1) is 5.41 Å². The topological polar surface area (TPSA) is 34.1 Å². The number of ketones is 2. The largest absolute Gasteiger partial charge is 0.295 e. The van der Waals surface area contributed by atoms with Crippen molar-refractivity contribution in [2.75, 3.05) is 0 Å². The van der Waals surface area contributed by atoms with Gasteiger partial charge in [0.2, 0.25) is 12.0 Å². The van der Waals surface area contributed by atoms with E-state index in [9.17, 15) is 14.0 Å². The zero-order valence-electron chi connectivity index (χ0n) is 11.3. The lowest BCUT2D eigenvalue weighted by molar-refractivity contribution is -0.129. The van der Waals surface area contributed by atoms with Crippen molar-refractivity contribution in [1.29, 1.82) is 0 Å². The van der Waals surface area contributed by atoms with Crippen LogP contribution in [0.25, 0.3) is 0 Å². The van der Waals surface area contributed by atoms with Crippen LogP contribution < -0.4 is 0 Å². The Kier molecular flexibility index (Phi) is 4.38. The number of aryl methyl sites for hydroxylation is 1. The van der Waals surface area contributed by atoms with Gasteiger partial charge in [-0.15, -0.1) is 0 Å². The predicted octanol–water partition coefficient (Wildman–Crippen LogP) is 3.39. The molecule has 1 aromatic carbocycles.